The maximum atomic E-state index is 13.1. The van der Waals surface area contributed by atoms with Crippen LogP contribution in [0.3, 0.4) is 0 Å². The summed E-state index contributed by atoms with van der Waals surface area (Å²) in [7, 11) is 0. The van der Waals surface area contributed by atoms with E-state index in [2.05, 4.69) is 44.9 Å². The molecule has 1 aliphatic rings. The number of rotatable bonds is 15. The molecule has 5 aromatic rings. The maximum absolute atomic E-state index is 13.1. The Bertz CT molecular complexity index is 1930. The van der Waals surface area contributed by atoms with Gasteiger partial charge in [0.25, 0.3) is 5.91 Å². The summed E-state index contributed by atoms with van der Waals surface area (Å²) >= 11 is 0. The van der Waals surface area contributed by atoms with Crippen molar-refractivity contribution in [3.05, 3.63) is 154 Å². The number of ether oxygens (including phenoxy) is 4. The molecule has 0 atom stereocenters. The number of benzene rings is 5. The van der Waals surface area contributed by atoms with Gasteiger partial charge in [-0.1, -0.05) is 77.9 Å². The number of nitrogens with zero attached hydrogens (tertiary/aromatic N) is 3. The lowest BCUT2D eigenvalue weighted by Gasteiger charge is -2.15. The first kappa shape index (κ1) is 33.6. The molecule has 6 rings (SSSR count). The van der Waals surface area contributed by atoms with Gasteiger partial charge in [0.1, 0.15) is 24.7 Å². The zero-order valence-corrected chi connectivity index (χ0v) is 27.2. The molecule has 0 heterocycles. The largest absolute Gasteiger partial charge is 0.491 e. The number of para-hydroxylation sites is 2. The number of alkyl carbamates (subject to hydrolysis) is 1. The minimum absolute atomic E-state index is 0.0121. The summed E-state index contributed by atoms with van der Waals surface area (Å²) in [6.45, 7) is 1.83. The first-order valence-electron chi connectivity index (χ1n) is 16.2. The van der Waals surface area contributed by atoms with E-state index in [9.17, 15) is 9.59 Å². The van der Waals surface area contributed by atoms with E-state index in [0.717, 1.165) is 16.7 Å². The Morgan fingerprint density at radius 2 is 1.40 bits per heavy atom. The first-order valence-corrected chi connectivity index (χ1v) is 16.2. The molecule has 0 aliphatic heterocycles. The van der Waals surface area contributed by atoms with E-state index in [0.29, 0.717) is 48.3 Å². The van der Waals surface area contributed by atoms with Crippen LogP contribution in [0, 0.1) is 0 Å². The van der Waals surface area contributed by atoms with Gasteiger partial charge in [-0.05, 0) is 81.9 Å². The standard InChI is InChI=1S/C39H35N5O6/c40-44-42-21-22-47-23-24-48-29-17-19-30(20-18-29)50-37-12-6-5-11-36(37)43-38(45)28-15-13-27(14-16-28)25-41-39(46)49-26-35-33-9-3-1-7-31(33)32-8-2-4-10-34(32)35/h1-20,35H,21-26H2,(H,41,46)(H,43,45). The predicted molar refractivity (Wildman–Crippen MR) is 190 cm³/mol. The molecule has 252 valence electrons. The summed E-state index contributed by atoms with van der Waals surface area (Å²) in [4.78, 5) is 28.4. The number of hydrogen-bond donors (Lipinski definition) is 2. The van der Waals surface area contributed by atoms with Gasteiger partial charge in [-0.2, -0.15) is 0 Å². The molecule has 5 aromatic carbocycles. The molecule has 0 unspecified atom stereocenters. The highest BCUT2D eigenvalue weighted by Crippen LogP contribution is 2.44. The van der Waals surface area contributed by atoms with Gasteiger partial charge >= 0.3 is 6.09 Å². The summed E-state index contributed by atoms with van der Waals surface area (Å²) in [6, 6.07) is 37.7. The van der Waals surface area contributed by atoms with Gasteiger partial charge in [-0.25, -0.2) is 4.79 Å². The van der Waals surface area contributed by atoms with Crippen molar-refractivity contribution >= 4 is 17.7 Å². The van der Waals surface area contributed by atoms with Crippen molar-refractivity contribution < 1.29 is 28.5 Å². The second-order valence-electron chi connectivity index (χ2n) is 11.3. The molecular weight excluding hydrogens is 634 g/mol. The van der Waals surface area contributed by atoms with Crippen molar-refractivity contribution in [3.8, 4) is 28.4 Å². The minimum Gasteiger partial charge on any atom is -0.491 e. The van der Waals surface area contributed by atoms with Gasteiger partial charge in [0.15, 0.2) is 5.75 Å². The van der Waals surface area contributed by atoms with Gasteiger partial charge in [-0.15, -0.1) is 0 Å². The van der Waals surface area contributed by atoms with Crippen LogP contribution in [0.15, 0.2) is 126 Å². The summed E-state index contributed by atoms with van der Waals surface area (Å²) in [5.41, 5.74) is 14.7. The number of hydrogen-bond acceptors (Lipinski definition) is 7. The molecule has 0 saturated heterocycles. The lowest BCUT2D eigenvalue weighted by molar-refractivity contribution is 0.102. The minimum atomic E-state index is -0.502. The van der Waals surface area contributed by atoms with Crippen LogP contribution in [-0.4, -0.2) is 45.0 Å². The lowest BCUT2D eigenvalue weighted by Crippen LogP contribution is -2.25. The first-order chi connectivity index (χ1) is 24.6. The van der Waals surface area contributed by atoms with Crippen LogP contribution in [0.4, 0.5) is 10.5 Å². The molecule has 11 nitrogen and oxygen atoms in total. The highest BCUT2D eigenvalue weighted by atomic mass is 16.5. The monoisotopic (exact) mass is 669 g/mol. The van der Waals surface area contributed by atoms with Gasteiger partial charge in [0.05, 0.1) is 18.9 Å². The van der Waals surface area contributed by atoms with Crippen molar-refractivity contribution in [1.29, 1.82) is 0 Å². The lowest BCUT2D eigenvalue weighted by atomic mass is 9.98. The number of azide groups is 1. The van der Waals surface area contributed by atoms with E-state index in [1.54, 1.807) is 60.7 Å². The molecule has 50 heavy (non-hydrogen) atoms. The second kappa shape index (κ2) is 16.7. The van der Waals surface area contributed by atoms with E-state index in [1.807, 2.05) is 36.4 Å². The van der Waals surface area contributed by atoms with Gasteiger partial charge in [-0.3, -0.25) is 4.79 Å². The summed E-state index contributed by atoms with van der Waals surface area (Å²) < 4.78 is 22.7. The van der Waals surface area contributed by atoms with Crippen LogP contribution < -0.4 is 20.1 Å². The van der Waals surface area contributed by atoms with Crippen LogP contribution >= 0.6 is 0 Å². The Hall–Kier alpha value is -6.29. The topological polar surface area (TPSA) is 144 Å². The third-order valence-corrected chi connectivity index (χ3v) is 8.08. The van der Waals surface area contributed by atoms with Crippen molar-refractivity contribution in [2.24, 2.45) is 5.11 Å². The quantitative estimate of drug-likeness (QED) is 0.0495. The van der Waals surface area contributed by atoms with Crippen molar-refractivity contribution in [2.75, 3.05) is 38.3 Å². The maximum Gasteiger partial charge on any atom is 0.407 e. The molecule has 1 aliphatic carbocycles. The van der Waals surface area contributed by atoms with E-state index in [1.165, 1.54) is 11.1 Å². The van der Waals surface area contributed by atoms with E-state index < -0.39 is 6.09 Å². The Labute approximate surface area is 289 Å². The number of anilines is 1. The Balaban J connectivity index is 0.963. The van der Waals surface area contributed by atoms with E-state index >= 15 is 0 Å². The molecule has 0 bridgehead atoms. The fourth-order valence-electron chi connectivity index (χ4n) is 5.65. The highest BCUT2D eigenvalue weighted by Gasteiger charge is 2.29. The van der Waals surface area contributed by atoms with Gasteiger partial charge in [0.2, 0.25) is 0 Å². The summed E-state index contributed by atoms with van der Waals surface area (Å²) in [6.07, 6.45) is -0.502. The summed E-state index contributed by atoms with van der Waals surface area (Å²) in [5, 5.41) is 9.14. The summed E-state index contributed by atoms with van der Waals surface area (Å²) in [5.74, 6) is 1.38. The Morgan fingerprint density at radius 3 is 2.12 bits per heavy atom. The zero-order valence-electron chi connectivity index (χ0n) is 27.2. The normalized spacial score (nSPS) is 11.4. The van der Waals surface area contributed by atoms with Crippen LogP contribution in [0.5, 0.6) is 17.2 Å². The third kappa shape index (κ3) is 8.59. The van der Waals surface area contributed by atoms with Crippen molar-refractivity contribution in [1.82, 2.24) is 5.32 Å². The average molecular weight is 670 g/mol. The number of carbonyl (C=O) groups excluding carboxylic acids is 2. The number of carbonyl (C=O) groups is 2. The van der Waals surface area contributed by atoms with E-state index in [4.69, 9.17) is 24.5 Å². The molecule has 0 aromatic heterocycles. The molecule has 0 spiro atoms. The number of nitrogens with one attached hydrogen (secondary N) is 2. The van der Waals surface area contributed by atoms with Crippen LogP contribution in [0.1, 0.15) is 33.0 Å². The molecular formula is C39H35N5O6. The molecule has 11 heteroatoms. The molecule has 2 amide bonds. The van der Waals surface area contributed by atoms with Gasteiger partial charge < -0.3 is 29.6 Å². The van der Waals surface area contributed by atoms with Crippen molar-refractivity contribution in [3.63, 3.8) is 0 Å². The Kier molecular flexibility index (Phi) is 11.2. The van der Waals surface area contributed by atoms with Crippen molar-refractivity contribution in [2.45, 2.75) is 12.5 Å². The second-order valence-corrected chi connectivity index (χ2v) is 11.3. The average Bonchev–Trinajstić information content (AvgIpc) is 3.48. The molecule has 0 radical (unpaired) electrons. The third-order valence-electron chi connectivity index (χ3n) is 8.08. The zero-order chi connectivity index (χ0) is 34.5. The van der Waals surface area contributed by atoms with Crippen LogP contribution in [0.25, 0.3) is 21.6 Å². The van der Waals surface area contributed by atoms with Crippen LogP contribution in [-0.2, 0) is 16.0 Å². The van der Waals surface area contributed by atoms with Crippen LogP contribution in [0.2, 0.25) is 0 Å². The molecule has 2 N–H and O–H groups in total. The highest BCUT2D eigenvalue weighted by molar-refractivity contribution is 6.05. The van der Waals surface area contributed by atoms with E-state index in [-0.39, 0.29) is 31.5 Å². The fourth-order valence-corrected chi connectivity index (χ4v) is 5.65. The fraction of sp³-hybridized carbons (Fsp3) is 0.179. The number of fused-ring (bicyclic) bond motifs is 3. The predicted octanol–water partition coefficient (Wildman–Crippen LogP) is 8.48. The van der Waals surface area contributed by atoms with Gasteiger partial charge in [0, 0.05) is 29.5 Å². The Morgan fingerprint density at radius 1 is 0.740 bits per heavy atom. The number of amides is 2. The smallest absolute Gasteiger partial charge is 0.407 e. The molecule has 0 saturated carbocycles. The molecule has 0 fully saturated rings. The SMILES string of the molecule is [N-]=[N+]=NCCOCCOc1ccc(Oc2ccccc2NC(=O)c2ccc(CNC(=O)OCC3c4ccccc4-c4ccccc43)cc2)cc1.